The molecule has 0 aliphatic carbocycles. The van der Waals surface area contributed by atoms with E-state index in [9.17, 15) is 45.6 Å². The minimum atomic E-state index is -1.79. The molecule has 0 aromatic rings. The van der Waals surface area contributed by atoms with Crippen molar-refractivity contribution in [3.05, 3.63) is 60.8 Å². The van der Waals surface area contributed by atoms with Crippen molar-refractivity contribution in [3.8, 4) is 0 Å². The van der Waals surface area contributed by atoms with E-state index in [0.29, 0.717) is 6.42 Å². The molecule has 0 saturated carbocycles. The molecule has 0 bridgehead atoms. The molecule has 2 rings (SSSR count). The average Bonchev–Trinajstić information content (AvgIpc) is 0.794. The third-order valence-corrected chi connectivity index (χ3v) is 20.0. The SMILES string of the molecule is CC/C=C\C/C=C\C/C=C\C/C=C\CCCCCCCCCCCCCCCCCCCCCCCCCCCCC(=O)NC(COC1OC(CO)C(OC2OC(CO)C(O)C(O)C2O)C(O)C1O)C(O)/C=C/CCCCCCCCCCCCCCCCCCCCCCCC. The van der Waals surface area contributed by atoms with Crippen molar-refractivity contribution < 1.29 is 64.6 Å². The fourth-order valence-electron chi connectivity index (χ4n) is 13.5. The van der Waals surface area contributed by atoms with Crippen LogP contribution in [-0.4, -0.2) is 140 Å². The summed E-state index contributed by atoms with van der Waals surface area (Å²) in [6, 6.07) is -0.915. The van der Waals surface area contributed by atoms with Crippen molar-refractivity contribution in [2.45, 2.75) is 441 Å². The summed E-state index contributed by atoms with van der Waals surface area (Å²) in [7, 11) is 0. The van der Waals surface area contributed by atoms with Crippen molar-refractivity contribution in [3.63, 3.8) is 0 Å². The minimum Gasteiger partial charge on any atom is -0.394 e. The van der Waals surface area contributed by atoms with E-state index < -0.39 is 86.8 Å². The van der Waals surface area contributed by atoms with Gasteiger partial charge < -0.3 is 65.1 Å². The molecule has 2 saturated heterocycles. The Morgan fingerprint density at radius 2 is 0.711 bits per heavy atom. The van der Waals surface area contributed by atoms with Crippen molar-refractivity contribution in [1.29, 1.82) is 0 Å². The normalized spacial score (nSPS) is 22.4. The number of aliphatic hydroxyl groups excluding tert-OH is 8. The minimum absolute atomic E-state index is 0.232. The zero-order chi connectivity index (χ0) is 70.1. The number of unbranched alkanes of at least 4 members (excludes halogenated alkanes) is 48. The van der Waals surface area contributed by atoms with Gasteiger partial charge in [0.2, 0.25) is 5.91 Å². The van der Waals surface area contributed by atoms with Gasteiger partial charge in [-0.25, -0.2) is 0 Å². The second-order valence-corrected chi connectivity index (χ2v) is 28.9. The van der Waals surface area contributed by atoms with Crippen LogP contribution < -0.4 is 5.32 Å². The molecule has 9 N–H and O–H groups in total. The molecule has 0 aromatic heterocycles. The van der Waals surface area contributed by atoms with Crippen LogP contribution in [0.15, 0.2) is 60.8 Å². The predicted molar refractivity (Wildman–Crippen MR) is 401 cm³/mol. The quantitative estimate of drug-likeness (QED) is 0.0204. The summed E-state index contributed by atoms with van der Waals surface area (Å²) in [6.45, 7) is 2.75. The van der Waals surface area contributed by atoms with Crippen LogP contribution in [0.3, 0.4) is 0 Å². The van der Waals surface area contributed by atoms with Crippen LogP contribution in [0.1, 0.15) is 367 Å². The van der Waals surface area contributed by atoms with Gasteiger partial charge in [-0.2, -0.15) is 0 Å². The molecule has 568 valence electrons. The summed E-state index contributed by atoms with van der Waals surface area (Å²) in [4.78, 5) is 13.4. The highest BCUT2D eigenvalue weighted by Gasteiger charge is 2.51. The van der Waals surface area contributed by atoms with Gasteiger partial charge >= 0.3 is 0 Å². The first-order valence-corrected chi connectivity index (χ1v) is 41.0. The van der Waals surface area contributed by atoms with Crippen molar-refractivity contribution in [2.24, 2.45) is 0 Å². The van der Waals surface area contributed by atoms with Gasteiger partial charge in [-0.15, -0.1) is 0 Å². The van der Waals surface area contributed by atoms with E-state index in [1.54, 1.807) is 6.08 Å². The molecule has 0 spiro atoms. The van der Waals surface area contributed by atoms with Gasteiger partial charge in [0.1, 0.15) is 48.8 Å². The molecule has 0 aromatic carbocycles. The lowest BCUT2D eigenvalue weighted by molar-refractivity contribution is -0.359. The Kier molecular flexibility index (Phi) is 62.6. The molecule has 2 heterocycles. The standard InChI is InChI=1S/C83H153NO13/c1-3-5-7-9-11-13-15-17-19-21-23-25-27-29-30-31-32-33-34-35-36-37-38-39-40-41-42-43-45-47-49-51-53-55-57-59-61-63-65-67-75(88)84-71(70-94-82-80(93)78(91)81(74(69-86)96-82)97-83-79(92)77(90)76(89)73(68-85)95-83)72(87)66-64-62-60-58-56-54-52-50-48-46-44-28-26-24-22-20-18-16-14-12-10-8-6-4-2/h5,7,11,13,17,19,23,25,64,66,71-74,76-83,85-87,89-93H,3-4,6,8-10,12,14-16,18,20-22,24,26-63,65,67-70H2,1-2H3,(H,84,88)/b7-5-,13-11-,19-17-,25-23-,66-64+. The zero-order valence-corrected chi connectivity index (χ0v) is 62.3. The molecule has 12 unspecified atom stereocenters. The summed E-state index contributed by atoms with van der Waals surface area (Å²) >= 11 is 0. The van der Waals surface area contributed by atoms with Crippen LogP contribution >= 0.6 is 0 Å². The zero-order valence-electron chi connectivity index (χ0n) is 62.3. The first-order chi connectivity index (χ1) is 47.6. The smallest absolute Gasteiger partial charge is 0.220 e. The molecule has 14 nitrogen and oxygen atoms in total. The summed E-state index contributed by atoms with van der Waals surface area (Å²) in [5.74, 6) is -0.232. The second kappa shape index (κ2) is 66.9. The summed E-state index contributed by atoms with van der Waals surface area (Å²) < 4.78 is 22.9. The first-order valence-electron chi connectivity index (χ1n) is 41.0. The Hall–Kier alpha value is -2.31. The van der Waals surface area contributed by atoms with Gasteiger partial charge in [-0.3, -0.25) is 4.79 Å². The highest BCUT2D eigenvalue weighted by molar-refractivity contribution is 5.76. The maximum atomic E-state index is 13.4. The molecule has 12 atom stereocenters. The van der Waals surface area contributed by atoms with Crippen molar-refractivity contribution in [2.75, 3.05) is 19.8 Å². The monoisotopic (exact) mass is 1370 g/mol. The fraction of sp³-hybridized carbons (Fsp3) is 0.867. The highest BCUT2D eigenvalue weighted by Crippen LogP contribution is 2.30. The molecule has 2 fully saturated rings. The van der Waals surface area contributed by atoms with Crippen LogP contribution in [0.5, 0.6) is 0 Å². The van der Waals surface area contributed by atoms with Crippen LogP contribution in [-0.2, 0) is 23.7 Å². The van der Waals surface area contributed by atoms with E-state index in [0.717, 1.165) is 64.2 Å². The first kappa shape index (κ1) is 90.8. The molecule has 2 aliphatic rings. The number of hydrogen-bond acceptors (Lipinski definition) is 13. The number of hydrogen-bond donors (Lipinski definition) is 9. The Labute approximate surface area is 594 Å². The number of carbonyl (C=O) groups excluding carboxylic acids is 1. The number of rotatable bonds is 69. The Morgan fingerprint density at radius 1 is 0.381 bits per heavy atom. The van der Waals surface area contributed by atoms with E-state index in [4.69, 9.17) is 18.9 Å². The fourth-order valence-corrected chi connectivity index (χ4v) is 13.5. The number of allylic oxidation sites excluding steroid dienone is 9. The molecular formula is C83H153NO13. The van der Waals surface area contributed by atoms with E-state index in [-0.39, 0.29) is 18.9 Å². The highest BCUT2D eigenvalue weighted by atomic mass is 16.7. The van der Waals surface area contributed by atoms with Gasteiger partial charge in [0.25, 0.3) is 0 Å². The third-order valence-electron chi connectivity index (χ3n) is 20.0. The second-order valence-electron chi connectivity index (χ2n) is 28.9. The van der Waals surface area contributed by atoms with Crippen molar-refractivity contribution >= 4 is 5.91 Å². The number of ether oxygens (including phenoxy) is 4. The van der Waals surface area contributed by atoms with Gasteiger partial charge in [0.05, 0.1) is 32.0 Å². The predicted octanol–water partition coefficient (Wildman–Crippen LogP) is 18.7. The van der Waals surface area contributed by atoms with E-state index >= 15 is 0 Å². The van der Waals surface area contributed by atoms with E-state index in [1.807, 2.05) is 6.08 Å². The molecule has 14 heteroatoms. The maximum Gasteiger partial charge on any atom is 0.220 e. The van der Waals surface area contributed by atoms with Gasteiger partial charge in [0, 0.05) is 6.42 Å². The topological polar surface area (TPSA) is 228 Å². The van der Waals surface area contributed by atoms with Crippen LogP contribution in [0.25, 0.3) is 0 Å². The van der Waals surface area contributed by atoms with Gasteiger partial charge in [-0.05, 0) is 57.8 Å². The maximum absolute atomic E-state index is 13.4. The largest absolute Gasteiger partial charge is 0.394 e. The molecule has 0 radical (unpaired) electrons. The van der Waals surface area contributed by atoms with Gasteiger partial charge in [0.15, 0.2) is 12.6 Å². The number of nitrogens with one attached hydrogen (secondary N) is 1. The number of carbonyl (C=O) groups is 1. The summed E-state index contributed by atoms with van der Waals surface area (Å²) in [5, 5.41) is 87.7. The lowest BCUT2D eigenvalue weighted by Gasteiger charge is -2.46. The number of aliphatic hydroxyl groups is 8. The van der Waals surface area contributed by atoms with Crippen LogP contribution in [0, 0.1) is 0 Å². The Bertz CT molecular complexity index is 1860. The Balaban J connectivity index is 1.57. The van der Waals surface area contributed by atoms with E-state index in [2.05, 4.69) is 67.8 Å². The summed E-state index contributed by atoms with van der Waals surface area (Å²) in [6.07, 6.45) is 74.6. The van der Waals surface area contributed by atoms with Crippen LogP contribution in [0.4, 0.5) is 0 Å². The van der Waals surface area contributed by atoms with E-state index in [1.165, 1.54) is 276 Å². The molecular weight excluding hydrogens is 1220 g/mol. The Morgan fingerprint density at radius 3 is 1.09 bits per heavy atom. The average molecular weight is 1370 g/mol. The summed E-state index contributed by atoms with van der Waals surface area (Å²) in [5.41, 5.74) is 0. The lowest BCUT2D eigenvalue weighted by Crippen LogP contribution is -2.65. The third kappa shape index (κ3) is 49.9. The number of amides is 1. The van der Waals surface area contributed by atoms with Gasteiger partial charge in [-0.1, -0.05) is 364 Å². The molecule has 1 amide bonds. The molecule has 2 aliphatic heterocycles. The molecule has 97 heavy (non-hydrogen) atoms. The lowest BCUT2D eigenvalue weighted by atomic mass is 9.97. The van der Waals surface area contributed by atoms with Crippen molar-refractivity contribution in [1.82, 2.24) is 5.32 Å². The van der Waals surface area contributed by atoms with Crippen LogP contribution in [0.2, 0.25) is 0 Å².